The first-order valence-corrected chi connectivity index (χ1v) is 7.07. The van der Waals surface area contributed by atoms with Gasteiger partial charge in [-0.25, -0.2) is 0 Å². The minimum absolute atomic E-state index is 0.0314. The Morgan fingerprint density at radius 2 is 1.91 bits per heavy atom. The first-order chi connectivity index (χ1) is 10.4. The minimum Gasteiger partial charge on any atom is -0.309 e. The maximum Gasteiger partial charge on any atom is 0.453 e. The highest BCUT2D eigenvalue weighted by atomic mass is 32.2. The van der Waals surface area contributed by atoms with E-state index < -0.39 is 12.0 Å². The quantitative estimate of drug-likeness (QED) is 0.731. The van der Waals surface area contributed by atoms with Crippen molar-refractivity contribution in [3.8, 4) is 0 Å². The summed E-state index contributed by atoms with van der Waals surface area (Å²) in [7, 11) is 1.79. The Hall–Kier alpha value is -2.17. The zero-order valence-electron chi connectivity index (χ0n) is 11.5. The van der Waals surface area contributed by atoms with Gasteiger partial charge in [0.1, 0.15) is 10.9 Å². The summed E-state index contributed by atoms with van der Waals surface area (Å²) in [6, 6.07) is 2.99. The van der Waals surface area contributed by atoms with Gasteiger partial charge in [-0.05, 0) is 23.9 Å². The molecule has 0 unspecified atom stereocenters. The van der Waals surface area contributed by atoms with Gasteiger partial charge in [-0.1, -0.05) is 6.92 Å². The normalized spacial score (nSPS) is 12.2. The number of halogens is 3. The van der Waals surface area contributed by atoms with E-state index in [0.29, 0.717) is 21.1 Å². The first kappa shape index (κ1) is 14.8. The molecule has 0 saturated carbocycles. The van der Waals surface area contributed by atoms with E-state index in [1.165, 1.54) is 6.07 Å². The highest BCUT2D eigenvalue weighted by Crippen LogP contribution is 2.29. The third-order valence-corrected chi connectivity index (χ3v) is 3.89. The molecule has 0 N–H and O–H groups in total. The van der Waals surface area contributed by atoms with Gasteiger partial charge in [0.25, 0.3) is 5.82 Å². The largest absolute Gasteiger partial charge is 0.453 e. The molecule has 0 fully saturated rings. The molecule has 3 aromatic heterocycles. The number of fused-ring (bicyclic) bond motifs is 1. The highest BCUT2D eigenvalue weighted by molar-refractivity contribution is 7.99. The lowest BCUT2D eigenvalue weighted by molar-refractivity contribution is -0.146. The number of aryl methyl sites for hydroxylation is 1. The zero-order chi connectivity index (χ0) is 15.9. The van der Waals surface area contributed by atoms with E-state index in [2.05, 4.69) is 25.5 Å². The Bertz CT molecular complexity index is 823. The van der Waals surface area contributed by atoms with Crippen molar-refractivity contribution in [3.05, 3.63) is 23.8 Å². The Morgan fingerprint density at radius 1 is 1.14 bits per heavy atom. The molecule has 0 saturated heterocycles. The van der Waals surface area contributed by atoms with Crippen LogP contribution in [0.15, 0.2) is 22.3 Å². The average molecular weight is 329 g/mol. The van der Waals surface area contributed by atoms with Gasteiger partial charge in [0, 0.05) is 13.5 Å². The molecule has 0 aliphatic carbocycles. The fourth-order valence-corrected chi connectivity index (χ4v) is 2.61. The SMILES string of the molecule is CCc1nnc(Sc2ccc3nnc(C(F)(F)F)n3n2)n1C. The topological polar surface area (TPSA) is 73.8 Å². The second kappa shape index (κ2) is 5.23. The fraction of sp³-hybridized carbons (Fsp3) is 0.364. The van der Waals surface area contributed by atoms with Crippen molar-refractivity contribution in [2.45, 2.75) is 29.7 Å². The Labute approximate surface area is 126 Å². The molecule has 0 bridgehead atoms. The molecule has 0 radical (unpaired) electrons. The van der Waals surface area contributed by atoms with E-state index >= 15 is 0 Å². The van der Waals surface area contributed by atoms with E-state index in [1.807, 2.05) is 6.92 Å². The van der Waals surface area contributed by atoms with Crippen LogP contribution in [0.2, 0.25) is 0 Å². The van der Waals surface area contributed by atoms with Gasteiger partial charge in [-0.15, -0.1) is 20.4 Å². The minimum atomic E-state index is -4.62. The van der Waals surface area contributed by atoms with Crippen molar-refractivity contribution < 1.29 is 13.2 Å². The second-order valence-corrected chi connectivity index (χ2v) is 5.36. The molecule has 3 aromatic rings. The molecule has 3 heterocycles. The lowest BCUT2D eigenvalue weighted by Gasteiger charge is -2.05. The van der Waals surface area contributed by atoms with Crippen LogP contribution in [-0.2, 0) is 19.6 Å². The average Bonchev–Trinajstić information content (AvgIpc) is 3.03. The summed E-state index contributed by atoms with van der Waals surface area (Å²) in [6.07, 6.45) is -3.91. The molecule has 0 atom stereocenters. The standard InChI is InChI=1S/C11H10F3N7S/c1-3-6-15-18-10(20(6)2)22-8-5-4-7-16-17-9(11(12,13)14)21(7)19-8/h4-5H,3H2,1-2H3. The van der Waals surface area contributed by atoms with Crippen LogP contribution in [0.1, 0.15) is 18.6 Å². The van der Waals surface area contributed by atoms with Gasteiger partial charge < -0.3 is 4.57 Å². The maximum atomic E-state index is 12.8. The predicted octanol–water partition coefficient (Wildman–Crippen LogP) is 1.99. The molecule has 0 aliphatic heterocycles. The second-order valence-electron chi connectivity index (χ2n) is 4.38. The van der Waals surface area contributed by atoms with E-state index in [-0.39, 0.29) is 5.65 Å². The van der Waals surface area contributed by atoms with Gasteiger partial charge in [-0.3, -0.25) is 0 Å². The molecule has 22 heavy (non-hydrogen) atoms. The van der Waals surface area contributed by atoms with Crippen molar-refractivity contribution in [1.29, 1.82) is 0 Å². The lowest BCUT2D eigenvalue weighted by atomic mass is 10.5. The molecular weight excluding hydrogens is 319 g/mol. The number of hydrogen-bond acceptors (Lipinski definition) is 6. The Morgan fingerprint density at radius 3 is 2.55 bits per heavy atom. The highest BCUT2D eigenvalue weighted by Gasteiger charge is 2.37. The first-order valence-electron chi connectivity index (χ1n) is 6.26. The molecule has 0 aromatic carbocycles. The molecule has 0 amide bonds. The van der Waals surface area contributed by atoms with Crippen molar-refractivity contribution in [1.82, 2.24) is 34.6 Å². The Kier molecular flexibility index (Phi) is 3.51. The molecule has 3 rings (SSSR count). The van der Waals surface area contributed by atoms with Crippen LogP contribution in [0.3, 0.4) is 0 Å². The molecule has 116 valence electrons. The van der Waals surface area contributed by atoms with Crippen LogP contribution in [0.5, 0.6) is 0 Å². The lowest BCUT2D eigenvalue weighted by Crippen LogP contribution is -2.12. The molecule has 0 aliphatic rings. The third kappa shape index (κ3) is 2.51. The summed E-state index contributed by atoms with van der Waals surface area (Å²) in [6.45, 7) is 1.94. The molecular formula is C11H10F3N7S. The van der Waals surface area contributed by atoms with Crippen molar-refractivity contribution in [3.63, 3.8) is 0 Å². The van der Waals surface area contributed by atoms with Crippen LogP contribution in [0.25, 0.3) is 5.65 Å². The van der Waals surface area contributed by atoms with Gasteiger partial charge in [0.2, 0.25) is 0 Å². The van der Waals surface area contributed by atoms with E-state index in [1.54, 1.807) is 17.7 Å². The zero-order valence-corrected chi connectivity index (χ0v) is 12.4. The van der Waals surface area contributed by atoms with Crippen molar-refractivity contribution in [2.24, 2.45) is 7.05 Å². The van der Waals surface area contributed by atoms with Gasteiger partial charge >= 0.3 is 6.18 Å². The summed E-state index contributed by atoms with van der Waals surface area (Å²) < 4.78 is 40.9. The molecule has 7 nitrogen and oxygen atoms in total. The summed E-state index contributed by atoms with van der Waals surface area (Å²) in [5, 5.41) is 19.4. The van der Waals surface area contributed by atoms with Crippen molar-refractivity contribution >= 4 is 17.4 Å². The van der Waals surface area contributed by atoms with Crippen LogP contribution in [0, 0.1) is 0 Å². The summed E-state index contributed by atoms with van der Waals surface area (Å²) in [4.78, 5) is 0. The number of alkyl halides is 3. The van der Waals surface area contributed by atoms with Crippen LogP contribution in [-0.4, -0.2) is 34.6 Å². The Balaban J connectivity index is 1.99. The number of aromatic nitrogens is 7. The smallest absolute Gasteiger partial charge is 0.309 e. The van der Waals surface area contributed by atoms with Gasteiger partial charge in [0.15, 0.2) is 10.8 Å². The summed E-state index contributed by atoms with van der Waals surface area (Å²) in [5.41, 5.74) is 0.0314. The summed E-state index contributed by atoms with van der Waals surface area (Å²) >= 11 is 1.12. The van der Waals surface area contributed by atoms with Gasteiger partial charge in [-0.2, -0.15) is 22.8 Å². The predicted molar refractivity (Wildman–Crippen MR) is 70.3 cm³/mol. The number of hydrogen-bond donors (Lipinski definition) is 0. The van der Waals surface area contributed by atoms with E-state index in [0.717, 1.165) is 17.6 Å². The van der Waals surface area contributed by atoms with E-state index in [9.17, 15) is 13.2 Å². The van der Waals surface area contributed by atoms with Crippen LogP contribution in [0.4, 0.5) is 13.2 Å². The monoisotopic (exact) mass is 329 g/mol. The molecule has 0 spiro atoms. The van der Waals surface area contributed by atoms with Crippen LogP contribution < -0.4 is 0 Å². The maximum absolute atomic E-state index is 12.8. The van der Waals surface area contributed by atoms with E-state index in [4.69, 9.17) is 0 Å². The van der Waals surface area contributed by atoms with Crippen LogP contribution >= 0.6 is 11.8 Å². The van der Waals surface area contributed by atoms with Gasteiger partial charge in [0.05, 0.1) is 0 Å². The molecule has 11 heteroatoms. The van der Waals surface area contributed by atoms with Crippen molar-refractivity contribution in [2.75, 3.05) is 0 Å². The number of nitrogens with zero attached hydrogens (tertiary/aromatic N) is 7. The number of rotatable bonds is 3. The fourth-order valence-electron chi connectivity index (χ4n) is 1.84. The third-order valence-electron chi connectivity index (χ3n) is 2.93. The summed E-state index contributed by atoms with van der Waals surface area (Å²) in [5.74, 6) is -0.374.